The van der Waals surface area contributed by atoms with E-state index in [2.05, 4.69) is 55.4 Å². The molecule has 3 aromatic heterocycles. The molecule has 4 fully saturated rings. The van der Waals surface area contributed by atoms with E-state index in [9.17, 15) is 28.4 Å². The first kappa shape index (κ1) is 48.7. The van der Waals surface area contributed by atoms with Gasteiger partial charge in [0.25, 0.3) is 11.5 Å². The molecule has 2 atom stereocenters. The summed E-state index contributed by atoms with van der Waals surface area (Å²) >= 11 is 0. The Morgan fingerprint density at radius 3 is 2.34 bits per heavy atom. The van der Waals surface area contributed by atoms with Crippen molar-refractivity contribution < 1.29 is 28.0 Å². The predicted octanol–water partition coefficient (Wildman–Crippen LogP) is 6.45. The van der Waals surface area contributed by atoms with E-state index in [1.54, 1.807) is 24.2 Å². The number of rotatable bonds is 11. The summed E-state index contributed by atoms with van der Waals surface area (Å²) in [6, 6.07) is 13.8. The van der Waals surface area contributed by atoms with Crippen molar-refractivity contribution in [2.75, 3.05) is 76.2 Å². The highest BCUT2D eigenvalue weighted by Crippen LogP contribution is 2.54. The molecule has 1 spiro atoms. The maximum Gasteiger partial charge on any atom is 0.257 e. The van der Waals surface area contributed by atoms with E-state index in [4.69, 9.17) is 0 Å². The van der Waals surface area contributed by atoms with Gasteiger partial charge in [0.05, 0.1) is 23.0 Å². The Labute approximate surface area is 423 Å². The molecule has 2 aromatic carbocycles. The zero-order valence-corrected chi connectivity index (χ0v) is 42.2. The molecular formula is C56H64F2N10O5. The minimum atomic E-state index is -0.653. The normalized spacial score (nSPS) is 21.4. The van der Waals surface area contributed by atoms with E-state index in [-0.39, 0.29) is 53.2 Å². The minimum Gasteiger partial charge on any atom is -0.386 e. The van der Waals surface area contributed by atoms with E-state index in [0.29, 0.717) is 67.4 Å². The van der Waals surface area contributed by atoms with Gasteiger partial charge < -0.3 is 19.7 Å². The van der Waals surface area contributed by atoms with Crippen molar-refractivity contribution in [3.63, 3.8) is 0 Å². The summed E-state index contributed by atoms with van der Waals surface area (Å²) in [6.07, 6.45) is 10.5. The summed E-state index contributed by atoms with van der Waals surface area (Å²) in [5.74, 6) is -1.23. The van der Waals surface area contributed by atoms with Crippen LogP contribution >= 0.6 is 0 Å². The molecule has 382 valence electrons. The quantitative estimate of drug-likeness (QED) is 0.142. The number of halogens is 2. The number of hydrogen-bond donors (Lipinski definition) is 2. The number of imide groups is 1. The van der Waals surface area contributed by atoms with Crippen molar-refractivity contribution in [1.82, 2.24) is 39.0 Å². The fourth-order valence-electron chi connectivity index (χ4n) is 12.7. The Balaban J connectivity index is 0.667. The lowest BCUT2D eigenvalue weighted by molar-refractivity contribution is -0.136. The first-order chi connectivity index (χ1) is 35.2. The Morgan fingerprint density at radius 1 is 0.890 bits per heavy atom. The van der Waals surface area contributed by atoms with Gasteiger partial charge in [-0.05, 0) is 111 Å². The summed E-state index contributed by atoms with van der Waals surface area (Å²) in [4.78, 5) is 81.0. The van der Waals surface area contributed by atoms with Crippen LogP contribution in [0.1, 0.15) is 103 Å². The number of aromatic nitrogens is 3. The summed E-state index contributed by atoms with van der Waals surface area (Å²) in [6.45, 7) is 12.1. The van der Waals surface area contributed by atoms with Crippen LogP contribution in [-0.4, -0.2) is 129 Å². The third-order valence-electron chi connectivity index (χ3n) is 17.0. The summed E-state index contributed by atoms with van der Waals surface area (Å²) < 4.78 is 34.3. The van der Waals surface area contributed by atoms with Crippen molar-refractivity contribution in [1.29, 1.82) is 0 Å². The van der Waals surface area contributed by atoms with E-state index < -0.39 is 17.3 Å². The largest absolute Gasteiger partial charge is 0.386 e. The molecule has 1 unspecified atom stereocenters. The highest BCUT2D eigenvalue weighted by atomic mass is 19.1. The highest BCUT2D eigenvalue weighted by Gasteiger charge is 2.57. The average Bonchev–Trinajstić information content (AvgIpc) is 3.85. The smallest absolute Gasteiger partial charge is 0.257 e. The van der Waals surface area contributed by atoms with Crippen LogP contribution in [0.15, 0.2) is 71.8 Å². The molecule has 5 aromatic rings. The Bertz CT molecular complexity index is 3120. The number of likely N-dealkylation sites (tertiary alicyclic amines) is 1. The standard InChI is InChI=1S/C56H64F2N10O5/c1-34-26-39(28-42(57)51(34)38-13-20-65(21-14-38)35(2)48-29-40-45(10-17-60-52(40)62(48)4)67-33-43(58)44(59-3)30-50(67)70)54(72)66-18-11-36(12-19-66)31-63-22-24-64(25-23-63)32-37-6-7-46-41(27-37)56(15-5-16-56)55(73)68(46)47-8-9-49(69)61-53(47)71/h6-7,10,13,17,26-30,33,35-36,47,59H,5,8-9,11-12,14-16,18-25,31-32H2,1-4H3,(H,61,69,71)/t35-,47?/m0/s1. The number of piperazine rings is 1. The van der Waals surface area contributed by atoms with Crippen molar-refractivity contribution in [2.45, 2.75) is 89.3 Å². The highest BCUT2D eigenvalue weighted by molar-refractivity contribution is 6.14. The number of benzene rings is 2. The van der Waals surface area contributed by atoms with Crippen LogP contribution < -0.4 is 21.1 Å². The van der Waals surface area contributed by atoms with Gasteiger partial charge in [0, 0.05) is 132 Å². The molecule has 8 heterocycles. The van der Waals surface area contributed by atoms with Crippen molar-refractivity contribution >= 4 is 51.6 Å². The van der Waals surface area contributed by atoms with Gasteiger partial charge in [0.1, 0.15) is 17.5 Å². The number of fused-ring (bicyclic) bond motifs is 3. The molecule has 1 saturated carbocycles. The maximum atomic E-state index is 16.1. The van der Waals surface area contributed by atoms with Gasteiger partial charge in [0.2, 0.25) is 17.7 Å². The number of anilines is 2. The van der Waals surface area contributed by atoms with Crippen LogP contribution in [-0.2, 0) is 33.4 Å². The molecule has 0 bridgehead atoms. The Hall–Kier alpha value is -6.56. The minimum absolute atomic E-state index is 0.000774. The van der Waals surface area contributed by atoms with E-state index in [0.717, 1.165) is 105 Å². The van der Waals surface area contributed by atoms with Crippen LogP contribution in [0.25, 0.3) is 22.3 Å². The number of aryl methyl sites for hydroxylation is 2. The van der Waals surface area contributed by atoms with E-state index >= 15 is 4.39 Å². The van der Waals surface area contributed by atoms with Crippen molar-refractivity contribution in [3.8, 4) is 5.69 Å². The molecule has 0 radical (unpaired) electrons. The molecule has 15 nitrogen and oxygen atoms in total. The molecule has 2 N–H and O–H groups in total. The van der Waals surface area contributed by atoms with Crippen LogP contribution in [0.4, 0.5) is 20.2 Å². The SMILES string of the molecule is CNc1cc(=O)n(-c2ccnc3c2cc([C@H](C)N2CC=C(c4c(C)cc(C(=O)N5CCC(CN6CCN(Cc7ccc8c(c7)C7(CCC7)C(=O)N8C7CCC(=O)NC7=O)CC6)CC5)cc4F)CC2)n3C)cc1F. The molecule has 11 rings (SSSR count). The zero-order valence-electron chi connectivity index (χ0n) is 42.2. The van der Waals surface area contributed by atoms with Crippen molar-refractivity contribution in [3.05, 3.63) is 123 Å². The lowest BCUT2D eigenvalue weighted by atomic mass is 9.65. The number of hydrogen-bond acceptors (Lipinski definition) is 10. The lowest BCUT2D eigenvalue weighted by Crippen LogP contribution is -2.56. The molecule has 1 aliphatic carbocycles. The fraction of sp³-hybridized carbons (Fsp3) is 0.464. The number of carbonyl (C=O) groups is 4. The van der Waals surface area contributed by atoms with Gasteiger partial charge in [-0.3, -0.25) is 48.6 Å². The second-order valence-corrected chi connectivity index (χ2v) is 21.2. The molecule has 4 amide bonds. The fourth-order valence-corrected chi connectivity index (χ4v) is 12.7. The Kier molecular flexibility index (Phi) is 12.9. The van der Waals surface area contributed by atoms with Gasteiger partial charge in [0.15, 0.2) is 5.82 Å². The maximum absolute atomic E-state index is 16.1. The molecule has 5 aliphatic heterocycles. The number of carbonyl (C=O) groups excluding carboxylic acids is 4. The number of nitrogens with zero attached hydrogens (tertiary/aromatic N) is 8. The number of piperidine rings is 2. The van der Waals surface area contributed by atoms with Gasteiger partial charge in [-0.25, -0.2) is 13.8 Å². The van der Waals surface area contributed by atoms with Gasteiger partial charge in [-0.2, -0.15) is 0 Å². The zero-order chi connectivity index (χ0) is 50.9. The monoisotopic (exact) mass is 995 g/mol. The van der Waals surface area contributed by atoms with Crippen LogP contribution in [0.2, 0.25) is 0 Å². The second kappa shape index (κ2) is 19.4. The summed E-state index contributed by atoms with van der Waals surface area (Å²) in [5, 5.41) is 5.89. The second-order valence-electron chi connectivity index (χ2n) is 21.2. The van der Waals surface area contributed by atoms with Gasteiger partial charge >= 0.3 is 0 Å². The van der Waals surface area contributed by atoms with Crippen LogP contribution in [0.3, 0.4) is 0 Å². The number of pyridine rings is 2. The third-order valence-corrected chi connectivity index (χ3v) is 17.0. The van der Waals surface area contributed by atoms with Crippen LogP contribution in [0, 0.1) is 24.5 Å². The molecular weight excluding hydrogens is 931 g/mol. The molecule has 6 aliphatic rings. The van der Waals surface area contributed by atoms with Crippen LogP contribution in [0.5, 0.6) is 0 Å². The first-order valence-corrected chi connectivity index (χ1v) is 26.0. The van der Waals surface area contributed by atoms with Crippen molar-refractivity contribution in [2.24, 2.45) is 13.0 Å². The first-order valence-electron chi connectivity index (χ1n) is 26.0. The third kappa shape index (κ3) is 8.76. The van der Waals surface area contributed by atoms with Gasteiger partial charge in [-0.1, -0.05) is 24.6 Å². The van der Waals surface area contributed by atoms with Gasteiger partial charge in [-0.15, -0.1) is 0 Å². The number of amides is 4. The molecule has 3 saturated heterocycles. The number of nitrogens with one attached hydrogen (secondary N) is 2. The van der Waals surface area contributed by atoms with E-state index in [1.807, 2.05) is 41.6 Å². The Morgan fingerprint density at radius 2 is 1.66 bits per heavy atom. The average molecular weight is 995 g/mol. The summed E-state index contributed by atoms with van der Waals surface area (Å²) in [7, 11) is 3.51. The summed E-state index contributed by atoms with van der Waals surface area (Å²) in [5.41, 5.74) is 7.06. The topological polar surface area (TPSA) is 148 Å². The predicted molar refractivity (Wildman–Crippen MR) is 276 cm³/mol. The molecule has 17 heteroatoms. The lowest BCUT2D eigenvalue weighted by Gasteiger charge is -2.39. The van der Waals surface area contributed by atoms with E-state index in [1.165, 1.54) is 28.5 Å². The molecule has 73 heavy (non-hydrogen) atoms.